The quantitative estimate of drug-likeness (QED) is 0.761. The maximum absolute atomic E-state index is 12.1. The number of hydrogen-bond acceptors (Lipinski definition) is 3. The highest BCUT2D eigenvalue weighted by atomic mass is 35.5. The van der Waals surface area contributed by atoms with Gasteiger partial charge < -0.3 is 16.0 Å². The second kappa shape index (κ2) is 8.89. The van der Waals surface area contributed by atoms with Gasteiger partial charge in [0.2, 0.25) is 5.91 Å². The third-order valence-electron chi connectivity index (χ3n) is 4.54. The Morgan fingerprint density at radius 2 is 2.04 bits per heavy atom. The predicted octanol–water partition coefficient (Wildman–Crippen LogP) is 2.36. The number of nitrogens with one attached hydrogen (secondary N) is 3. The third kappa shape index (κ3) is 4.85. The molecule has 6 nitrogen and oxygen atoms in total. The van der Waals surface area contributed by atoms with Gasteiger partial charge >= 0.3 is 6.03 Å². The molecule has 1 aromatic carbocycles. The minimum absolute atomic E-state index is 0. The maximum Gasteiger partial charge on any atom is 0.321 e. The fourth-order valence-electron chi connectivity index (χ4n) is 3.20. The van der Waals surface area contributed by atoms with Gasteiger partial charge in [0, 0.05) is 30.9 Å². The lowest BCUT2D eigenvalue weighted by Gasteiger charge is -2.22. The summed E-state index contributed by atoms with van der Waals surface area (Å²) >= 11 is 0. The van der Waals surface area contributed by atoms with E-state index >= 15 is 0 Å². The third-order valence-corrected chi connectivity index (χ3v) is 4.54. The molecule has 3 N–H and O–H groups in total. The molecule has 0 unspecified atom stereocenters. The summed E-state index contributed by atoms with van der Waals surface area (Å²) in [6.45, 7) is 3.44. The molecule has 0 atom stereocenters. The van der Waals surface area contributed by atoms with Crippen molar-refractivity contribution >= 4 is 35.7 Å². The molecule has 2 heterocycles. The van der Waals surface area contributed by atoms with Crippen molar-refractivity contribution in [3.8, 4) is 0 Å². The van der Waals surface area contributed by atoms with E-state index in [0.717, 1.165) is 43.7 Å². The Morgan fingerprint density at radius 1 is 1.25 bits per heavy atom. The minimum Gasteiger partial charge on any atom is -0.336 e. The van der Waals surface area contributed by atoms with Gasteiger partial charge in [-0.05, 0) is 56.5 Å². The molecule has 7 heteroatoms. The van der Waals surface area contributed by atoms with E-state index in [1.807, 2.05) is 24.3 Å². The molecular formula is C17H25ClN4O2. The summed E-state index contributed by atoms with van der Waals surface area (Å²) in [6, 6.07) is 7.38. The number of nitrogens with zero attached hydrogens (tertiary/aromatic N) is 1. The molecule has 2 aliphatic heterocycles. The first-order chi connectivity index (χ1) is 11.2. The molecule has 3 rings (SSSR count). The van der Waals surface area contributed by atoms with Crippen LogP contribution in [-0.2, 0) is 4.79 Å². The number of urea groups is 1. The smallest absolute Gasteiger partial charge is 0.321 e. The molecule has 2 fully saturated rings. The number of rotatable bonds is 5. The van der Waals surface area contributed by atoms with Gasteiger partial charge in [-0.2, -0.15) is 0 Å². The van der Waals surface area contributed by atoms with Gasteiger partial charge in [0.05, 0.1) is 0 Å². The maximum atomic E-state index is 12.1. The number of carbonyl (C=O) groups excluding carboxylic acids is 2. The Kier molecular flexibility index (Phi) is 6.87. The highest BCUT2D eigenvalue weighted by Gasteiger charge is 2.21. The van der Waals surface area contributed by atoms with Crippen LogP contribution in [0.1, 0.15) is 25.7 Å². The number of hydrogen-bond donors (Lipinski definition) is 3. The highest BCUT2D eigenvalue weighted by molar-refractivity contribution is 5.96. The molecule has 24 heavy (non-hydrogen) atoms. The van der Waals surface area contributed by atoms with Gasteiger partial charge in [0.1, 0.15) is 0 Å². The van der Waals surface area contributed by atoms with Gasteiger partial charge in [-0.3, -0.25) is 9.69 Å². The van der Waals surface area contributed by atoms with Crippen LogP contribution in [0, 0.1) is 5.92 Å². The van der Waals surface area contributed by atoms with E-state index in [4.69, 9.17) is 0 Å². The molecule has 0 bridgehead atoms. The molecule has 132 valence electrons. The zero-order valence-electron chi connectivity index (χ0n) is 13.7. The van der Waals surface area contributed by atoms with Crippen LogP contribution >= 0.6 is 12.4 Å². The van der Waals surface area contributed by atoms with Crippen LogP contribution in [0.3, 0.4) is 0 Å². The van der Waals surface area contributed by atoms with E-state index in [-0.39, 0.29) is 24.3 Å². The van der Waals surface area contributed by atoms with Crippen LogP contribution in [0.4, 0.5) is 16.2 Å². The van der Waals surface area contributed by atoms with Gasteiger partial charge in [-0.25, -0.2) is 4.79 Å². The first-order valence-corrected chi connectivity index (χ1v) is 8.38. The fourth-order valence-corrected chi connectivity index (χ4v) is 3.20. The standard InChI is InChI=1S/C17H24N4O2.ClH/c22-16(5-4-13-6-8-18-9-7-13)20-14-2-1-3-15(12-14)21-11-10-19-17(21)23;/h1-3,12-13,18H,4-11H2,(H,19,23)(H,20,22);1H. The number of anilines is 2. The number of carbonyl (C=O) groups is 2. The van der Waals surface area contributed by atoms with Crippen molar-refractivity contribution in [2.45, 2.75) is 25.7 Å². The lowest BCUT2D eigenvalue weighted by atomic mass is 9.93. The van der Waals surface area contributed by atoms with Crippen molar-refractivity contribution < 1.29 is 9.59 Å². The van der Waals surface area contributed by atoms with E-state index in [0.29, 0.717) is 25.4 Å². The molecule has 0 radical (unpaired) electrons. The van der Waals surface area contributed by atoms with E-state index in [1.165, 1.54) is 0 Å². The summed E-state index contributed by atoms with van der Waals surface area (Å²) in [4.78, 5) is 25.5. The molecule has 3 amide bonds. The second-order valence-electron chi connectivity index (χ2n) is 6.21. The molecule has 0 aromatic heterocycles. The average Bonchev–Trinajstić information content (AvgIpc) is 3.00. The minimum atomic E-state index is -0.0839. The van der Waals surface area contributed by atoms with Gasteiger partial charge in [-0.1, -0.05) is 6.07 Å². The van der Waals surface area contributed by atoms with Gasteiger partial charge in [0.25, 0.3) is 0 Å². The summed E-state index contributed by atoms with van der Waals surface area (Å²) in [5.74, 6) is 0.702. The van der Waals surface area contributed by atoms with Crippen molar-refractivity contribution in [2.24, 2.45) is 5.92 Å². The predicted molar refractivity (Wildman–Crippen MR) is 97.9 cm³/mol. The molecule has 2 saturated heterocycles. The molecule has 0 spiro atoms. The molecule has 0 saturated carbocycles. The number of piperidine rings is 1. The summed E-state index contributed by atoms with van der Waals surface area (Å²) in [5, 5.41) is 9.07. The van der Waals surface area contributed by atoms with E-state index in [2.05, 4.69) is 16.0 Å². The number of amides is 3. The van der Waals surface area contributed by atoms with Crippen LogP contribution in [-0.4, -0.2) is 38.1 Å². The number of benzene rings is 1. The summed E-state index contributed by atoms with van der Waals surface area (Å²) in [5.41, 5.74) is 1.56. The topological polar surface area (TPSA) is 73.5 Å². The zero-order chi connectivity index (χ0) is 16.1. The second-order valence-corrected chi connectivity index (χ2v) is 6.21. The largest absolute Gasteiger partial charge is 0.336 e. The van der Waals surface area contributed by atoms with Crippen molar-refractivity contribution in [3.63, 3.8) is 0 Å². The Balaban J connectivity index is 0.00000208. The summed E-state index contributed by atoms with van der Waals surface area (Å²) in [6.07, 6.45) is 3.82. The Labute approximate surface area is 148 Å². The molecule has 2 aliphatic rings. The van der Waals surface area contributed by atoms with Crippen molar-refractivity contribution in [2.75, 3.05) is 36.4 Å². The first-order valence-electron chi connectivity index (χ1n) is 8.38. The van der Waals surface area contributed by atoms with Crippen molar-refractivity contribution in [1.82, 2.24) is 10.6 Å². The van der Waals surface area contributed by atoms with Crippen LogP contribution in [0.15, 0.2) is 24.3 Å². The first kappa shape index (κ1) is 18.5. The molecule has 1 aromatic rings. The average molecular weight is 353 g/mol. The van der Waals surface area contributed by atoms with Crippen molar-refractivity contribution in [3.05, 3.63) is 24.3 Å². The summed E-state index contributed by atoms with van der Waals surface area (Å²) < 4.78 is 0. The molecule has 0 aliphatic carbocycles. The van der Waals surface area contributed by atoms with E-state index < -0.39 is 0 Å². The summed E-state index contributed by atoms with van der Waals surface area (Å²) in [7, 11) is 0. The fraction of sp³-hybridized carbons (Fsp3) is 0.529. The SMILES string of the molecule is Cl.O=C(CCC1CCNCC1)Nc1cccc(N2CCNC2=O)c1. The Bertz CT molecular complexity index is 575. The lowest BCUT2D eigenvalue weighted by molar-refractivity contribution is -0.116. The van der Waals surface area contributed by atoms with Crippen LogP contribution in [0.2, 0.25) is 0 Å². The van der Waals surface area contributed by atoms with E-state index in [9.17, 15) is 9.59 Å². The van der Waals surface area contributed by atoms with Crippen LogP contribution in [0.25, 0.3) is 0 Å². The monoisotopic (exact) mass is 352 g/mol. The van der Waals surface area contributed by atoms with Crippen LogP contribution in [0.5, 0.6) is 0 Å². The van der Waals surface area contributed by atoms with Crippen molar-refractivity contribution in [1.29, 1.82) is 0 Å². The number of halogens is 1. The highest BCUT2D eigenvalue weighted by Crippen LogP contribution is 2.22. The van der Waals surface area contributed by atoms with Crippen LogP contribution < -0.4 is 20.9 Å². The lowest BCUT2D eigenvalue weighted by Crippen LogP contribution is -2.28. The normalized spacial score (nSPS) is 18.0. The Hall–Kier alpha value is -1.79. The van der Waals surface area contributed by atoms with Gasteiger partial charge in [-0.15, -0.1) is 12.4 Å². The van der Waals surface area contributed by atoms with Gasteiger partial charge in [0.15, 0.2) is 0 Å². The molecular weight excluding hydrogens is 328 g/mol. The zero-order valence-corrected chi connectivity index (χ0v) is 14.5. The van der Waals surface area contributed by atoms with E-state index in [1.54, 1.807) is 4.90 Å². The Morgan fingerprint density at radius 3 is 2.75 bits per heavy atom.